The van der Waals surface area contributed by atoms with Gasteiger partial charge in [0.2, 0.25) is 5.88 Å². The molecule has 0 aliphatic carbocycles. The maximum atomic E-state index is 6.19. The van der Waals surface area contributed by atoms with Gasteiger partial charge in [-0.2, -0.15) is 0 Å². The molecule has 0 saturated carbocycles. The largest absolute Gasteiger partial charge is 0.456 e. The molecule has 162 valence electrons. The maximum Gasteiger partial charge on any atom is 0.200 e. The standard InChI is InChI=1S/C28H33NO2/c1-3-5-7-14-22-23-15-8-10-17-25(23)30-26(22)19-13-20-28-29(21-12-6-4-2)24-16-9-11-18-27(24)31-28/h8-11,13,15-20H,3-7,12,14,21H2,1-2H3/b19-13+,28-20-. The zero-order valence-corrected chi connectivity index (χ0v) is 18.8. The number of unbranched alkanes of at least 4 members (excludes halogenated alkanes) is 4. The molecular formula is C28H33NO2. The SMILES string of the molecule is CCCCCc1c(/C=C/C=C2\Oc3ccccc3N2CCCCC)oc2ccccc12. The van der Waals surface area contributed by atoms with Gasteiger partial charge in [0, 0.05) is 17.5 Å². The Kier molecular flexibility index (Phi) is 7.14. The number of aryl methyl sites for hydroxylation is 1. The lowest BCUT2D eigenvalue weighted by Gasteiger charge is -2.17. The van der Waals surface area contributed by atoms with Crippen LogP contribution in [0.3, 0.4) is 0 Å². The van der Waals surface area contributed by atoms with E-state index >= 15 is 0 Å². The van der Waals surface area contributed by atoms with Crippen molar-refractivity contribution < 1.29 is 9.15 Å². The molecule has 0 amide bonds. The Labute approximate surface area is 186 Å². The van der Waals surface area contributed by atoms with Crippen molar-refractivity contribution in [1.29, 1.82) is 0 Å². The molecule has 1 aliphatic heterocycles. The van der Waals surface area contributed by atoms with Crippen LogP contribution in [0, 0.1) is 0 Å². The average molecular weight is 416 g/mol. The first-order chi connectivity index (χ1) is 15.3. The van der Waals surface area contributed by atoms with Crippen molar-refractivity contribution in [3.05, 3.63) is 77.9 Å². The summed E-state index contributed by atoms with van der Waals surface area (Å²) in [6.45, 7) is 5.45. The highest BCUT2D eigenvalue weighted by Crippen LogP contribution is 2.39. The van der Waals surface area contributed by atoms with E-state index in [0.717, 1.165) is 48.0 Å². The number of nitrogens with zero attached hydrogens (tertiary/aromatic N) is 1. The maximum absolute atomic E-state index is 6.19. The number of furan rings is 1. The van der Waals surface area contributed by atoms with Crippen molar-refractivity contribution >= 4 is 22.7 Å². The van der Waals surface area contributed by atoms with E-state index in [4.69, 9.17) is 9.15 Å². The van der Waals surface area contributed by atoms with E-state index in [9.17, 15) is 0 Å². The highest BCUT2D eigenvalue weighted by molar-refractivity contribution is 5.84. The smallest absolute Gasteiger partial charge is 0.200 e. The Hall–Kier alpha value is -2.94. The predicted octanol–water partition coefficient (Wildman–Crippen LogP) is 8.11. The fraction of sp³-hybridized carbons (Fsp3) is 0.357. The summed E-state index contributed by atoms with van der Waals surface area (Å²) in [5.74, 6) is 2.78. The van der Waals surface area contributed by atoms with E-state index in [1.807, 2.05) is 18.2 Å². The van der Waals surface area contributed by atoms with E-state index < -0.39 is 0 Å². The van der Waals surface area contributed by atoms with Crippen LogP contribution in [0.25, 0.3) is 17.0 Å². The number of benzene rings is 2. The van der Waals surface area contributed by atoms with Crippen molar-refractivity contribution in [2.45, 2.75) is 58.8 Å². The minimum atomic E-state index is 0.886. The number of anilines is 1. The third-order valence-corrected chi connectivity index (χ3v) is 5.87. The third-order valence-electron chi connectivity index (χ3n) is 5.87. The van der Waals surface area contributed by atoms with Crippen LogP contribution in [0.4, 0.5) is 5.69 Å². The van der Waals surface area contributed by atoms with Crippen LogP contribution in [0.15, 0.2) is 71.0 Å². The molecule has 4 rings (SSSR count). The monoisotopic (exact) mass is 415 g/mol. The number of hydrogen-bond donors (Lipinski definition) is 0. The van der Waals surface area contributed by atoms with Crippen LogP contribution in [-0.4, -0.2) is 6.54 Å². The van der Waals surface area contributed by atoms with Gasteiger partial charge in [0.25, 0.3) is 0 Å². The third kappa shape index (κ3) is 4.87. The fourth-order valence-electron chi connectivity index (χ4n) is 4.21. The summed E-state index contributed by atoms with van der Waals surface area (Å²) < 4.78 is 12.4. The number of fused-ring (bicyclic) bond motifs is 2. The van der Waals surface area contributed by atoms with Crippen molar-refractivity contribution in [2.75, 3.05) is 11.4 Å². The summed E-state index contributed by atoms with van der Waals surface area (Å²) in [7, 11) is 0. The average Bonchev–Trinajstić information content (AvgIpc) is 3.32. The predicted molar refractivity (Wildman–Crippen MR) is 131 cm³/mol. The van der Waals surface area contributed by atoms with Crippen molar-refractivity contribution in [3.8, 4) is 5.75 Å². The van der Waals surface area contributed by atoms with Crippen LogP contribution < -0.4 is 9.64 Å². The first kappa shape index (κ1) is 21.3. The zero-order valence-electron chi connectivity index (χ0n) is 18.8. The Bertz CT molecular complexity index is 1060. The summed E-state index contributed by atoms with van der Waals surface area (Å²) in [6.07, 6.45) is 14.5. The van der Waals surface area contributed by atoms with Gasteiger partial charge < -0.3 is 14.1 Å². The lowest BCUT2D eigenvalue weighted by atomic mass is 10.0. The number of para-hydroxylation sites is 3. The van der Waals surface area contributed by atoms with Crippen LogP contribution in [0.5, 0.6) is 5.75 Å². The van der Waals surface area contributed by atoms with E-state index in [2.05, 4.69) is 67.3 Å². The van der Waals surface area contributed by atoms with Gasteiger partial charge in [-0.3, -0.25) is 0 Å². The summed E-state index contributed by atoms with van der Waals surface area (Å²) in [4.78, 5) is 2.29. The highest BCUT2D eigenvalue weighted by atomic mass is 16.5. The summed E-state index contributed by atoms with van der Waals surface area (Å²) >= 11 is 0. The number of ether oxygens (including phenoxy) is 1. The molecule has 0 saturated heterocycles. The zero-order chi connectivity index (χ0) is 21.5. The van der Waals surface area contributed by atoms with Gasteiger partial charge in [-0.25, -0.2) is 0 Å². The molecule has 0 bridgehead atoms. The summed E-state index contributed by atoms with van der Waals surface area (Å²) in [5, 5.41) is 1.23. The van der Waals surface area contributed by atoms with Gasteiger partial charge in [-0.1, -0.05) is 75.9 Å². The van der Waals surface area contributed by atoms with Gasteiger partial charge in [0.1, 0.15) is 11.3 Å². The highest BCUT2D eigenvalue weighted by Gasteiger charge is 2.24. The molecule has 2 heterocycles. The molecule has 3 heteroatoms. The van der Waals surface area contributed by atoms with E-state index in [-0.39, 0.29) is 0 Å². The number of rotatable bonds is 10. The summed E-state index contributed by atoms with van der Waals surface area (Å²) in [5.41, 5.74) is 3.43. The van der Waals surface area contributed by atoms with Crippen molar-refractivity contribution in [1.82, 2.24) is 0 Å². The van der Waals surface area contributed by atoms with Crippen LogP contribution in [0.2, 0.25) is 0 Å². The Morgan fingerprint density at radius 1 is 0.871 bits per heavy atom. The Morgan fingerprint density at radius 3 is 2.52 bits per heavy atom. The number of allylic oxidation sites excluding steroid dienone is 2. The van der Waals surface area contributed by atoms with E-state index in [1.165, 1.54) is 43.1 Å². The van der Waals surface area contributed by atoms with Gasteiger partial charge in [0.05, 0.1) is 5.69 Å². The lowest BCUT2D eigenvalue weighted by Crippen LogP contribution is -2.21. The molecule has 0 fully saturated rings. The molecule has 2 aromatic carbocycles. The molecule has 0 atom stereocenters. The van der Waals surface area contributed by atoms with E-state index in [0.29, 0.717) is 0 Å². The Morgan fingerprint density at radius 2 is 1.65 bits per heavy atom. The lowest BCUT2D eigenvalue weighted by molar-refractivity contribution is 0.436. The molecule has 0 N–H and O–H groups in total. The topological polar surface area (TPSA) is 25.6 Å². The van der Waals surface area contributed by atoms with Crippen molar-refractivity contribution in [3.63, 3.8) is 0 Å². The molecule has 1 aliphatic rings. The first-order valence-electron chi connectivity index (χ1n) is 11.7. The molecule has 0 spiro atoms. The minimum absolute atomic E-state index is 0.886. The fourth-order valence-corrected chi connectivity index (χ4v) is 4.21. The van der Waals surface area contributed by atoms with Crippen LogP contribution in [-0.2, 0) is 6.42 Å². The molecular weight excluding hydrogens is 382 g/mol. The second-order valence-corrected chi connectivity index (χ2v) is 8.19. The van der Waals surface area contributed by atoms with Crippen LogP contribution in [0.1, 0.15) is 63.7 Å². The molecule has 3 aromatic rings. The van der Waals surface area contributed by atoms with Gasteiger partial charge in [-0.15, -0.1) is 0 Å². The van der Waals surface area contributed by atoms with Crippen LogP contribution >= 0.6 is 0 Å². The summed E-state index contributed by atoms with van der Waals surface area (Å²) in [6, 6.07) is 16.6. The normalized spacial score (nSPS) is 14.6. The molecule has 1 aromatic heterocycles. The van der Waals surface area contributed by atoms with Crippen molar-refractivity contribution in [2.24, 2.45) is 0 Å². The van der Waals surface area contributed by atoms with Gasteiger partial charge in [-0.05, 0) is 49.6 Å². The number of hydrogen-bond acceptors (Lipinski definition) is 3. The second kappa shape index (κ2) is 10.4. The molecule has 0 unspecified atom stereocenters. The minimum Gasteiger partial charge on any atom is -0.456 e. The van der Waals surface area contributed by atoms with E-state index in [1.54, 1.807) is 0 Å². The van der Waals surface area contributed by atoms with Gasteiger partial charge in [0.15, 0.2) is 5.75 Å². The molecule has 31 heavy (non-hydrogen) atoms. The van der Waals surface area contributed by atoms with Gasteiger partial charge >= 0.3 is 0 Å². The Balaban J connectivity index is 1.58. The molecule has 3 nitrogen and oxygen atoms in total. The molecule has 0 radical (unpaired) electrons. The first-order valence-corrected chi connectivity index (χ1v) is 11.7. The second-order valence-electron chi connectivity index (χ2n) is 8.19. The quantitative estimate of drug-likeness (QED) is 0.313.